The van der Waals surface area contributed by atoms with Crippen molar-refractivity contribution in [3.63, 3.8) is 0 Å². The zero-order chi connectivity index (χ0) is 10.9. The summed E-state index contributed by atoms with van der Waals surface area (Å²) in [5.74, 6) is 0.352. The molecule has 0 amide bonds. The molecule has 1 saturated carbocycles. The van der Waals surface area contributed by atoms with Gasteiger partial charge < -0.3 is 5.11 Å². The summed E-state index contributed by atoms with van der Waals surface area (Å²) in [4.78, 5) is 13.3. The van der Waals surface area contributed by atoms with Gasteiger partial charge in [-0.15, -0.1) is 0 Å². The number of Topliss-reactive ketones (excluding diaryl/α,β-unsaturated/α-hetero) is 1. The molecule has 0 spiro atoms. The summed E-state index contributed by atoms with van der Waals surface area (Å²) in [7, 11) is 1.99. The maximum atomic E-state index is 11.1. The first kappa shape index (κ1) is 11.7. The fourth-order valence-electron chi connectivity index (χ4n) is 1.96. The number of ketones is 1. The number of nitrogens with zero attached hydrogens (tertiary/aromatic N) is 1. The molecule has 0 bridgehead atoms. The lowest BCUT2D eigenvalue weighted by Gasteiger charge is -2.37. The third kappa shape index (κ3) is 2.55. The van der Waals surface area contributed by atoms with Gasteiger partial charge in [-0.2, -0.15) is 0 Å². The molecule has 0 aliphatic heterocycles. The maximum absolute atomic E-state index is 11.1. The van der Waals surface area contributed by atoms with Crippen molar-refractivity contribution in [3.05, 3.63) is 0 Å². The van der Waals surface area contributed by atoms with Crippen LogP contribution in [-0.2, 0) is 4.79 Å². The van der Waals surface area contributed by atoms with Crippen molar-refractivity contribution >= 4 is 5.78 Å². The molecule has 1 N–H and O–H groups in total. The zero-order valence-corrected chi connectivity index (χ0v) is 9.58. The molecule has 1 rings (SSSR count). The van der Waals surface area contributed by atoms with Crippen LogP contribution < -0.4 is 0 Å². The van der Waals surface area contributed by atoms with E-state index in [0.29, 0.717) is 24.7 Å². The van der Waals surface area contributed by atoms with Crippen LogP contribution in [0.1, 0.15) is 40.0 Å². The molecule has 82 valence electrons. The third-order valence-electron chi connectivity index (χ3n) is 3.43. The highest BCUT2D eigenvalue weighted by molar-refractivity contribution is 5.81. The minimum Gasteiger partial charge on any atom is -0.389 e. The smallest absolute Gasteiger partial charge is 0.134 e. The molecule has 1 aliphatic rings. The van der Waals surface area contributed by atoms with Crippen LogP contribution >= 0.6 is 0 Å². The van der Waals surface area contributed by atoms with Crippen molar-refractivity contribution in [1.29, 1.82) is 0 Å². The molecule has 0 aromatic rings. The Morgan fingerprint density at radius 1 is 1.57 bits per heavy atom. The minimum atomic E-state index is -0.708. The van der Waals surface area contributed by atoms with Gasteiger partial charge in [0.2, 0.25) is 0 Å². The SMILES string of the molecule is CC(N(C)C1CCC(=O)C1)C(C)(C)O. The number of hydrogen-bond acceptors (Lipinski definition) is 3. The van der Waals surface area contributed by atoms with E-state index in [0.717, 1.165) is 6.42 Å². The number of likely N-dealkylation sites (N-methyl/N-ethyl adjacent to an activating group) is 1. The molecule has 0 aromatic heterocycles. The Morgan fingerprint density at radius 3 is 2.50 bits per heavy atom. The number of carbonyl (C=O) groups excluding carboxylic acids is 1. The Bertz CT molecular complexity index is 220. The molecule has 0 radical (unpaired) electrons. The van der Waals surface area contributed by atoms with Gasteiger partial charge in [0.25, 0.3) is 0 Å². The van der Waals surface area contributed by atoms with Gasteiger partial charge >= 0.3 is 0 Å². The molecule has 0 heterocycles. The average Bonchev–Trinajstić information content (AvgIpc) is 2.47. The second kappa shape index (κ2) is 3.99. The second-order valence-corrected chi connectivity index (χ2v) is 4.93. The topological polar surface area (TPSA) is 40.5 Å². The van der Waals surface area contributed by atoms with E-state index in [2.05, 4.69) is 4.90 Å². The van der Waals surface area contributed by atoms with Gasteiger partial charge in [-0.25, -0.2) is 0 Å². The maximum Gasteiger partial charge on any atom is 0.134 e. The van der Waals surface area contributed by atoms with E-state index in [4.69, 9.17) is 0 Å². The molecule has 1 aliphatic carbocycles. The largest absolute Gasteiger partial charge is 0.389 e. The van der Waals surface area contributed by atoms with E-state index >= 15 is 0 Å². The lowest BCUT2D eigenvalue weighted by molar-refractivity contribution is -0.117. The van der Waals surface area contributed by atoms with Crippen LogP contribution in [-0.4, -0.2) is 40.5 Å². The Morgan fingerprint density at radius 2 is 2.14 bits per heavy atom. The quantitative estimate of drug-likeness (QED) is 0.742. The van der Waals surface area contributed by atoms with Crippen LogP contribution in [0.5, 0.6) is 0 Å². The van der Waals surface area contributed by atoms with Crippen LogP contribution in [0.4, 0.5) is 0 Å². The second-order valence-electron chi connectivity index (χ2n) is 4.93. The van der Waals surface area contributed by atoms with E-state index in [1.807, 2.05) is 27.8 Å². The normalized spacial score (nSPS) is 25.9. The molecule has 2 unspecified atom stereocenters. The highest BCUT2D eigenvalue weighted by Crippen LogP contribution is 2.24. The summed E-state index contributed by atoms with van der Waals surface area (Å²) in [6.45, 7) is 5.62. The van der Waals surface area contributed by atoms with Gasteiger partial charge in [-0.3, -0.25) is 9.69 Å². The van der Waals surface area contributed by atoms with Gasteiger partial charge in [0.15, 0.2) is 0 Å². The first-order valence-corrected chi connectivity index (χ1v) is 5.28. The Labute approximate surface area is 86.1 Å². The Balaban J connectivity index is 2.57. The molecule has 0 aromatic carbocycles. The number of rotatable bonds is 3. The summed E-state index contributed by atoms with van der Waals surface area (Å²) in [6, 6.07) is 0.405. The van der Waals surface area contributed by atoms with Crippen molar-refractivity contribution in [2.75, 3.05) is 7.05 Å². The Hall–Kier alpha value is -0.410. The van der Waals surface area contributed by atoms with Crippen molar-refractivity contribution in [2.45, 2.75) is 57.7 Å². The molecular formula is C11H21NO2. The Kier molecular flexibility index (Phi) is 3.32. The van der Waals surface area contributed by atoms with Crippen LogP contribution in [0.25, 0.3) is 0 Å². The average molecular weight is 199 g/mol. The van der Waals surface area contributed by atoms with E-state index < -0.39 is 5.60 Å². The minimum absolute atomic E-state index is 0.0819. The van der Waals surface area contributed by atoms with Crippen LogP contribution in [0, 0.1) is 0 Å². The van der Waals surface area contributed by atoms with Crippen LogP contribution in [0.15, 0.2) is 0 Å². The first-order chi connectivity index (χ1) is 6.32. The molecule has 3 heteroatoms. The van der Waals surface area contributed by atoms with Crippen molar-refractivity contribution < 1.29 is 9.90 Å². The summed E-state index contributed by atoms with van der Waals surface area (Å²) in [6.07, 6.45) is 2.29. The van der Waals surface area contributed by atoms with Gasteiger partial charge in [-0.1, -0.05) is 0 Å². The monoisotopic (exact) mass is 199 g/mol. The van der Waals surface area contributed by atoms with Gasteiger partial charge in [0, 0.05) is 24.9 Å². The standard InChI is InChI=1S/C11H21NO2/c1-8(11(2,3)14)12(4)9-5-6-10(13)7-9/h8-9,14H,5-7H2,1-4H3. The zero-order valence-electron chi connectivity index (χ0n) is 9.58. The van der Waals surface area contributed by atoms with E-state index in [-0.39, 0.29) is 6.04 Å². The molecular weight excluding hydrogens is 178 g/mol. The van der Waals surface area contributed by atoms with Crippen molar-refractivity contribution in [2.24, 2.45) is 0 Å². The molecule has 1 fully saturated rings. The van der Waals surface area contributed by atoms with Gasteiger partial charge in [0.05, 0.1) is 5.60 Å². The number of carbonyl (C=O) groups is 1. The van der Waals surface area contributed by atoms with Gasteiger partial charge in [-0.05, 0) is 34.2 Å². The third-order valence-corrected chi connectivity index (χ3v) is 3.43. The van der Waals surface area contributed by atoms with Crippen LogP contribution in [0.2, 0.25) is 0 Å². The molecule has 3 nitrogen and oxygen atoms in total. The van der Waals surface area contributed by atoms with E-state index in [1.54, 1.807) is 0 Å². The summed E-state index contributed by atoms with van der Waals surface area (Å²) >= 11 is 0. The molecule has 14 heavy (non-hydrogen) atoms. The van der Waals surface area contributed by atoms with Crippen LogP contribution in [0.3, 0.4) is 0 Å². The first-order valence-electron chi connectivity index (χ1n) is 5.28. The van der Waals surface area contributed by atoms with Gasteiger partial charge in [0.1, 0.15) is 5.78 Å². The number of aliphatic hydroxyl groups is 1. The lowest BCUT2D eigenvalue weighted by Crippen LogP contribution is -2.49. The van der Waals surface area contributed by atoms with Crippen molar-refractivity contribution in [1.82, 2.24) is 4.90 Å². The lowest BCUT2D eigenvalue weighted by atomic mass is 9.98. The summed E-state index contributed by atoms with van der Waals surface area (Å²) in [5, 5.41) is 9.86. The molecule has 0 saturated heterocycles. The fraction of sp³-hybridized carbons (Fsp3) is 0.909. The van der Waals surface area contributed by atoms with E-state index in [9.17, 15) is 9.90 Å². The summed E-state index contributed by atoms with van der Waals surface area (Å²) in [5.41, 5.74) is -0.708. The predicted octanol–water partition coefficient (Wildman–Crippen LogP) is 1.20. The fourth-order valence-corrected chi connectivity index (χ4v) is 1.96. The predicted molar refractivity (Wildman–Crippen MR) is 56.2 cm³/mol. The highest BCUT2D eigenvalue weighted by Gasteiger charge is 2.33. The molecule has 2 atom stereocenters. The highest BCUT2D eigenvalue weighted by atomic mass is 16.3. The van der Waals surface area contributed by atoms with Crippen molar-refractivity contribution in [3.8, 4) is 0 Å². The number of hydrogen-bond donors (Lipinski definition) is 1. The van der Waals surface area contributed by atoms with E-state index in [1.165, 1.54) is 0 Å². The summed E-state index contributed by atoms with van der Waals surface area (Å²) < 4.78 is 0.